The lowest BCUT2D eigenvalue weighted by Crippen LogP contribution is -2.22. The van der Waals surface area contributed by atoms with Gasteiger partial charge in [0.15, 0.2) is 0 Å². The summed E-state index contributed by atoms with van der Waals surface area (Å²) >= 11 is 0.963. The molecule has 0 saturated heterocycles. The van der Waals surface area contributed by atoms with Crippen LogP contribution in [-0.2, 0) is 4.79 Å². The summed E-state index contributed by atoms with van der Waals surface area (Å²) in [5.74, 6) is -0.836. The van der Waals surface area contributed by atoms with Gasteiger partial charge in [0, 0.05) is 4.90 Å². The first-order valence-corrected chi connectivity index (χ1v) is 8.03. The van der Waals surface area contributed by atoms with Gasteiger partial charge in [0.25, 0.3) is 0 Å². The van der Waals surface area contributed by atoms with Gasteiger partial charge in [-0.05, 0) is 44.2 Å². The Hall–Kier alpha value is -2.08. The van der Waals surface area contributed by atoms with Crippen molar-refractivity contribution >= 4 is 23.4 Å². The zero-order valence-electron chi connectivity index (χ0n) is 12.8. The number of ether oxygens (including phenoxy) is 1. The van der Waals surface area contributed by atoms with Crippen LogP contribution < -0.4 is 10.1 Å². The number of rotatable bonds is 6. The quantitative estimate of drug-likeness (QED) is 0.790. The Morgan fingerprint density at radius 1 is 1.26 bits per heavy atom. The van der Waals surface area contributed by atoms with Crippen molar-refractivity contribution in [3.05, 3.63) is 54.1 Å². The van der Waals surface area contributed by atoms with E-state index in [0.29, 0.717) is 18.0 Å². The standard InChI is InChI=1S/C17H17F2NO2S/c1-3-22-15-7-5-4-6-14(15)20-17(21)11(2)23-16-10-12(18)8-9-13(16)19/h4-11H,3H2,1-2H3,(H,20,21)/t11-/m1/s1. The Labute approximate surface area is 138 Å². The summed E-state index contributed by atoms with van der Waals surface area (Å²) in [6.07, 6.45) is 0. The second-order valence-corrected chi connectivity index (χ2v) is 6.14. The molecule has 0 aliphatic carbocycles. The van der Waals surface area contributed by atoms with Crippen molar-refractivity contribution in [2.75, 3.05) is 11.9 Å². The zero-order valence-corrected chi connectivity index (χ0v) is 13.6. The number of hydrogen-bond acceptors (Lipinski definition) is 3. The lowest BCUT2D eigenvalue weighted by Gasteiger charge is -2.15. The van der Waals surface area contributed by atoms with Crippen LogP contribution in [0.2, 0.25) is 0 Å². The topological polar surface area (TPSA) is 38.3 Å². The maximum Gasteiger partial charge on any atom is 0.237 e. The largest absolute Gasteiger partial charge is 0.492 e. The summed E-state index contributed by atoms with van der Waals surface area (Å²) in [6, 6.07) is 10.2. The first kappa shape index (κ1) is 17.3. The molecule has 6 heteroatoms. The lowest BCUT2D eigenvalue weighted by molar-refractivity contribution is -0.115. The molecule has 3 nitrogen and oxygen atoms in total. The van der Waals surface area contributed by atoms with Crippen LogP contribution in [0.4, 0.5) is 14.5 Å². The fraction of sp³-hybridized carbons (Fsp3) is 0.235. The molecule has 1 atom stereocenters. The number of amides is 1. The molecule has 0 heterocycles. The van der Waals surface area contributed by atoms with Gasteiger partial charge in [-0.15, -0.1) is 11.8 Å². The van der Waals surface area contributed by atoms with Gasteiger partial charge in [0.1, 0.15) is 17.4 Å². The monoisotopic (exact) mass is 337 g/mol. The molecule has 0 radical (unpaired) electrons. The van der Waals surface area contributed by atoms with Crippen LogP contribution in [0.1, 0.15) is 13.8 Å². The van der Waals surface area contributed by atoms with Crippen LogP contribution in [0.5, 0.6) is 5.75 Å². The van der Waals surface area contributed by atoms with Crippen molar-refractivity contribution in [1.29, 1.82) is 0 Å². The van der Waals surface area contributed by atoms with Gasteiger partial charge in [-0.2, -0.15) is 0 Å². The lowest BCUT2D eigenvalue weighted by atomic mass is 10.3. The highest BCUT2D eigenvalue weighted by Crippen LogP contribution is 2.29. The molecule has 0 spiro atoms. The Kier molecular flexibility index (Phi) is 5.98. The third-order valence-corrected chi connectivity index (χ3v) is 4.15. The SMILES string of the molecule is CCOc1ccccc1NC(=O)[C@@H](C)Sc1cc(F)ccc1F. The molecule has 23 heavy (non-hydrogen) atoms. The second kappa shape index (κ2) is 7.97. The molecule has 2 aromatic carbocycles. The number of carbonyl (C=O) groups is 1. The molecule has 1 amide bonds. The summed E-state index contributed by atoms with van der Waals surface area (Å²) < 4.78 is 32.3. The van der Waals surface area contributed by atoms with E-state index in [1.54, 1.807) is 31.2 Å². The number of thioether (sulfide) groups is 1. The number of hydrogen-bond donors (Lipinski definition) is 1. The number of anilines is 1. The maximum atomic E-state index is 13.6. The normalized spacial score (nSPS) is 11.8. The minimum atomic E-state index is -0.596. The molecule has 0 aliphatic rings. The second-order valence-electron chi connectivity index (χ2n) is 4.75. The number of halogens is 2. The van der Waals surface area contributed by atoms with Gasteiger partial charge in [0.05, 0.1) is 17.5 Å². The molecular weight excluding hydrogens is 320 g/mol. The van der Waals surface area contributed by atoms with Crippen LogP contribution in [0.3, 0.4) is 0 Å². The van der Waals surface area contributed by atoms with E-state index in [0.717, 1.165) is 30.0 Å². The van der Waals surface area contributed by atoms with Gasteiger partial charge < -0.3 is 10.1 Å². The number of benzene rings is 2. The van der Waals surface area contributed by atoms with Crippen molar-refractivity contribution in [1.82, 2.24) is 0 Å². The molecule has 0 bridgehead atoms. The van der Waals surface area contributed by atoms with E-state index >= 15 is 0 Å². The van der Waals surface area contributed by atoms with Crippen LogP contribution in [0.25, 0.3) is 0 Å². The molecule has 0 unspecified atom stereocenters. The van der Waals surface area contributed by atoms with E-state index in [2.05, 4.69) is 5.32 Å². The van der Waals surface area contributed by atoms with E-state index in [4.69, 9.17) is 4.74 Å². The minimum Gasteiger partial charge on any atom is -0.492 e. The van der Waals surface area contributed by atoms with Gasteiger partial charge in [-0.25, -0.2) is 8.78 Å². The number of carbonyl (C=O) groups excluding carboxylic acids is 1. The zero-order chi connectivity index (χ0) is 16.8. The van der Waals surface area contributed by atoms with Crippen molar-refractivity contribution < 1.29 is 18.3 Å². The summed E-state index contributed by atoms with van der Waals surface area (Å²) in [5, 5.41) is 2.15. The van der Waals surface area contributed by atoms with E-state index in [1.165, 1.54) is 0 Å². The van der Waals surface area contributed by atoms with Crippen molar-refractivity contribution in [3.63, 3.8) is 0 Å². The minimum absolute atomic E-state index is 0.103. The van der Waals surface area contributed by atoms with Gasteiger partial charge in [-0.3, -0.25) is 4.79 Å². The molecule has 1 N–H and O–H groups in total. The molecule has 122 valence electrons. The molecule has 0 fully saturated rings. The van der Waals surface area contributed by atoms with Crippen LogP contribution in [0.15, 0.2) is 47.4 Å². The first-order valence-electron chi connectivity index (χ1n) is 7.15. The van der Waals surface area contributed by atoms with Crippen LogP contribution >= 0.6 is 11.8 Å². The third-order valence-electron chi connectivity index (χ3n) is 3.01. The van der Waals surface area contributed by atoms with E-state index in [-0.39, 0.29) is 10.8 Å². The average Bonchev–Trinajstić information content (AvgIpc) is 2.53. The fourth-order valence-corrected chi connectivity index (χ4v) is 2.81. The van der Waals surface area contributed by atoms with Crippen LogP contribution in [-0.4, -0.2) is 17.8 Å². The van der Waals surface area contributed by atoms with Crippen molar-refractivity contribution in [2.24, 2.45) is 0 Å². The van der Waals surface area contributed by atoms with Gasteiger partial charge in [-0.1, -0.05) is 12.1 Å². The highest BCUT2D eigenvalue weighted by molar-refractivity contribution is 8.00. The van der Waals surface area contributed by atoms with E-state index < -0.39 is 16.9 Å². The average molecular weight is 337 g/mol. The Balaban J connectivity index is 2.07. The highest BCUT2D eigenvalue weighted by Gasteiger charge is 2.18. The van der Waals surface area contributed by atoms with Gasteiger partial charge >= 0.3 is 0 Å². The summed E-state index contributed by atoms with van der Waals surface area (Å²) in [7, 11) is 0. The Morgan fingerprint density at radius 3 is 2.74 bits per heavy atom. The van der Waals surface area contributed by atoms with E-state index in [1.807, 2.05) is 6.92 Å². The predicted molar refractivity (Wildman–Crippen MR) is 87.9 cm³/mol. The Morgan fingerprint density at radius 2 is 2.00 bits per heavy atom. The summed E-state index contributed by atoms with van der Waals surface area (Å²) in [6.45, 7) is 3.96. The van der Waals surface area contributed by atoms with Crippen LogP contribution in [0, 0.1) is 11.6 Å². The Bertz CT molecular complexity index is 694. The highest BCUT2D eigenvalue weighted by atomic mass is 32.2. The number of nitrogens with one attached hydrogen (secondary N) is 1. The molecule has 0 saturated carbocycles. The molecule has 2 aromatic rings. The molecule has 0 aliphatic heterocycles. The maximum absolute atomic E-state index is 13.6. The summed E-state index contributed by atoms with van der Waals surface area (Å²) in [4.78, 5) is 12.4. The summed E-state index contributed by atoms with van der Waals surface area (Å²) in [5.41, 5.74) is 0.548. The molecule has 0 aromatic heterocycles. The fourth-order valence-electron chi connectivity index (χ4n) is 1.90. The third kappa shape index (κ3) is 4.69. The molecular formula is C17H17F2NO2S. The van der Waals surface area contributed by atoms with Crippen molar-refractivity contribution in [2.45, 2.75) is 24.0 Å². The first-order chi connectivity index (χ1) is 11.0. The predicted octanol–water partition coefficient (Wildman–Crippen LogP) is 4.48. The van der Waals surface area contributed by atoms with Gasteiger partial charge in [0.2, 0.25) is 5.91 Å². The molecule has 2 rings (SSSR count). The number of para-hydroxylation sites is 2. The van der Waals surface area contributed by atoms with E-state index in [9.17, 15) is 13.6 Å². The smallest absolute Gasteiger partial charge is 0.237 e. The van der Waals surface area contributed by atoms with Crippen molar-refractivity contribution in [3.8, 4) is 5.75 Å².